The highest BCUT2D eigenvalue weighted by Crippen LogP contribution is 2.43. The van der Waals surface area contributed by atoms with Crippen molar-refractivity contribution in [3.8, 4) is 0 Å². The second-order valence-corrected chi connectivity index (χ2v) is 11.0. The lowest BCUT2D eigenvalue weighted by atomic mass is 9.87. The molecule has 2 aliphatic carbocycles. The van der Waals surface area contributed by atoms with E-state index in [4.69, 9.17) is 0 Å². The molecule has 5 rings (SSSR count). The molecule has 0 spiro atoms. The lowest BCUT2D eigenvalue weighted by Crippen LogP contribution is -2.40. The summed E-state index contributed by atoms with van der Waals surface area (Å²) in [7, 11) is 0. The van der Waals surface area contributed by atoms with Crippen LogP contribution in [-0.4, -0.2) is 47.0 Å². The number of hydrogen-bond donors (Lipinski definition) is 1. The van der Waals surface area contributed by atoms with Gasteiger partial charge in [-0.05, 0) is 55.2 Å². The molecule has 0 aromatic heterocycles. The molecular formula is C31H43N3O. The van der Waals surface area contributed by atoms with Crippen LogP contribution in [0.2, 0.25) is 0 Å². The Morgan fingerprint density at radius 3 is 2.71 bits per heavy atom. The minimum Gasteiger partial charge on any atom is -0.353 e. The predicted octanol–water partition coefficient (Wildman–Crippen LogP) is 5.92. The van der Waals surface area contributed by atoms with Gasteiger partial charge in [-0.25, -0.2) is 0 Å². The minimum atomic E-state index is -0.0445. The summed E-state index contributed by atoms with van der Waals surface area (Å²) in [6, 6.07) is 10.4. The lowest BCUT2D eigenvalue weighted by molar-refractivity contribution is -0.124. The summed E-state index contributed by atoms with van der Waals surface area (Å²) >= 11 is 0. The Bertz CT molecular complexity index is 958. The Balaban J connectivity index is 1.34. The zero-order valence-corrected chi connectivity index (χ0v) is 21.5. The number of piperidine rings is 1. The Hall–Kier alpha value is -2.17. The summed E-state index contributed by atoms with van der Waals surface area (Å²) in [6.45, 7) is 8.32. The van der Waals surface area contributed by atoms with Crippen LogP contribution in [0.4, 0.5) is 0 Å². The van der Waals surface area contributed by atoms with E-state index in [1.54, 1.807) is 0 Å². The van der Waals surface area contributed by atoms with Gasteiger partial charge in [-0.1, -0.05) is 81.2 Å². The number of aryl methyl sites for hydroxylation is 1. The normalized spacial score (nSPS) is 28.5. The molecule has 1 N–H and O–H groups in total. The van der Waals surface area contributed by atoms with Crippen molar-refractivity contribution in [1.82, 2.24) is 15.1 Å². The van der Waals surface area contributed by atoms with Crippen molar-refractivity contribution in [3.63, 3.8) is 0 Å². The average Bonchev–Trinajstić information content (AvgIpc) is 3.30. The van der Waals surface area contributed by atoms with Gasteiger partial charge >= 0.3 is 0 Å². The van der Waals surface area contributed by atoms with Crippen LogP contribution in [0.1, 0.15) is 81.9 Å². The van der Waals surface area contributed by atoms with Gasteiger partial charge in [-0.3, -0.25) is 14.6 Å². The fraction of sp³-hybridized carbons (Fsp3) is 0.581. The topological polar surface area (TPSA) is 35.6 Å². The van der Waals surface area contributed by atoms with Gasteiger partial charge in [-0.15, -0.1) is 6.58 Å². The Labute approximate surface area is 212 Å². The zero-order valence-electron chi connectivity index (χ0n) is 21.5. The van der Waals surface area contributed by atoms with Crippen LogP contribution in [0, 0.1) is 5.92 Å². The molecule has 1 aromatic carbocycles. The van der Waals surface area contributed by atoms with Gasteiger partial charge in [0, 0.05) is 25.2 Å². The van der Waals surface area contributed by atoms with Crippen LogP contribution < -0.4 is 5.32 Å². The SMILES string of the molecule is C=CCN1C2CCC1N(C(C1=CCC(C(=O)NC3CCCCCC3)C=C1)c1cccc(CC)c1)C2. The zero-order chi connectivity index (χ0) is 24.2. The number of benzene rings is 1. The molecule has 2 heterocycles. The summed E-state index contributed by atoms with van der Waals surface area (Å²) in [6.07, 6.45) is 21.1. The summed E-state index contributed by atoms with van der Waals surface area (Å²) in [5, 5.41) is 3.37. The predicted molar refractivity (Wildman–Crippen MR) is 144 cm³/mol. The molecule has 2 aliphatic heterocycles. The van der Waals surface area contributed by atoms with Crippen molar-refractivity contribution in [2.24, 2.45) is 5.92 Å². The Kier molecular flexibility index (Phi) is 7.89. The monoisotopic (exact) mass is 473 g/mol. The molecule has 4 nitrogen and oxygen atoms in total. The summed E-state index contributed by atoms with van der Waals surface area (Å²) in [5.41, 5.74) is 4.12. The molecule has 0 radical (unpaired) electrons. The standard InChI is InChI=1S/C31H43N3O/c1-3-20-33-28-18-19-29(33)34(22-28)30(26-11-9-10-23(4-2)21-26)24-14-16-25(17-15-24)31(35)32-27-12-7-5-6-8-13-27/h3,9-11,14-16,21,25,27-30H,1,4-8,12-13,17-20,22H2,2H3,(H,32,35). The molecule has 4 aliphatic rings. The summed E-state index contributed by atoms with van der Waals surface area (Å²) < 4.78 is 0. The molecule has 4 unspecified atom stereocenters. The van der Waals surface area contributed by atoms with E-state index in [1.165, 1.54) is 55.2 Å². The fourth-order valence-corrected chi connectivity index (χ4v) is 6.86. The second-order valence-electron chi connectivity index (χ2n) is 11.0. The molecule has 1 amide bonds. The number of allylic oxidation sites excluding steroid dienone is 1. The Morgan fingerprint density at radius 1 is 1.17 bits per heavy atom. The quantitative estimate of drug-likeness (QED) is 0.376. The van der Waals surface area contributed by atoms with Crippen LogP contribution in [-0.2, 0) is 11.2 Å². The highest BCUT2D eigenvalue weighted by Gasteiger charge is 2.47. The maximum Gasteiger partial charge on any atom is 0.227 e. The van der Waals surface area contributed by atoms with E-state index in [1.807, 2.05) is 0 Å². The number of rotatable bonds is 8. The third kappa shape index (κ3) is 5.34. The molecule has 35 heavy (non-hydrogen) atoms. The van der Waals surface area contributed by atoms with E-state index < -0.39 is 0 Å². The fourth-order valence-electron chi connectivity index (χ4n) is 6.86. The number of fused-ring (bicyclic) bond motifs is 2. The van der Waals surface area contributed by atoms with E-state index in [0.717, 1.165) is 38.8 Å². The van der Waals surface area contributed by atoms with E-state index in [2.05, 4.69) is 77.2 Å². The number of amides is 1. The summed E-state index contributed by atoms with van der Waals surface area (Å²) in [4.78, 5) is 18.4. The maximum absolute atomic E-state index is 13.1. The van der Waals surface area contributed by atoms with Crippen LogP contribution in [0.25, 0.3) is 0 Å². The second kappa shape index (κ2) is 11.3. The van der Waals surface area contributed by atoms with Crippen molar-refractivity contribution in [2.45, 2.75) is 95.4 Å². The largest absolute Gasteiger partial charge is 0.353 e. The van der Waals surface area contributed by atoms with Gasteiger partial charge < -0.3 is 5.32 Å². The molecule has 188 valence electrons. The summed E-state index contributed by atoms with van der Waals surface area (Å²) in [5.74, 6) is 0.169. The van der Waals surface area contributed by atoms with Gasteiger partial charge in [0.2, 0.25) is 5.91 Å². The average molecular weight is 474 g/mol. The molecule has 3 fully saturated rings. The number of likely N-dealkylation sites (tertiary alicyclic amines) is 1. The highest BCUT2D eigenvalue weighted by molar-refractivity contribution is 5.81. The maximum atomic E-state index is 13.1. The van der Waals surface area contributed by atoms with Crippen molar-refractivity contribution in [1.29, 1.82) is 0 Å². The lowest BCUT2D eigenvalue weighted by Gasteiger charge is -2.37. The Morgan fingerprint density at radius 2 is 2.00 bits per heavy atom. The van der Waals surface area contributed by atoms with Gasteiger partial charge in [-0.2, -0.15) is 0 Å². The van der Waals surface area contributed by atoms with Crippen LogP contribution >= 0.6 is 0 Å². The molecule has 2 bridgehead atoms. The van der Waals surface area contributed by atoms with Crippen LogP contribution in [0.15, 0.2) is 60.7 Å². The molecule has 1 saturated carbocycles. The van der Waals surface area contributed by atoms with Crippen molar-refractivity contribution in [2.75, 3.05) is 13.1 Å². The van der Waals surface area contributed by atoms with Gasteiger partial charge in [0.15, 0.2) is 0 Å². The van der Waals surface area contributed by atoms with E-state index >= 15 is 0 Å². The first-order valence-electron chi connectivity index (χ1n) is 14.1. The third-order valence-electron chi connectivity index (χ3n) is 8.74. The number of carbonyl (C=O) groups excluding carboxylic acids is 1. The van der Waals surface area contributed by atoms with E-state index in [9.17, 15) is 4.79 Å². The smallest absolute Gasteiger partial charge is 0.227 e. The molecular weight excluding hydrogens is 430 g/mol. The first-order valence-corrected chi connectivity index (χ1v) is 14.1. The van der Waals surface area contributed by atoms with E-state index in [0.29, 0.717) is 18.2 Å². The number of nitrogens with one attached hydrogen (secondary N) is 1. The number of carbonyl (C=O) groups is 1. The van der Waals surface area contributed by atoms with Crippen LogP contribution in [0.3, 0.4) is 0 Å². The molecule has 2 saturated heterocycles. The number of hydrogen-bond acceptors (Lipinski definition) is 3. The highest BCUT2D eigenvalue weighted by atomic mass is 16.1. The molecule has 4 atom stereocenters. The third-order valence-corrected chi connectivity index (χ3v) is 8.74. The van der Waals surface area contributed by atoms with Crippen molar-refractivity contribution < 1.29 is 4.79 Å². The van der Waals surface area contributed by atoms with Gasteiger partial charge in [0.05, 0.1) is 18.1 Å². The van der Waals surface area contributed by atoms with Gasteiger partial charge in [0.1, 0.15) is 0 Å². The first kappa shape index (κ1) is 24.5. The van der Waals surface area contributed by atoms with Crippen LogP contribution in [0.5, 0.6) is 0 Å². The first-order chi connectivity index (χ1) is 17.2. The molecule has 4 heteroatoms. The van der Waals surface area contributed by atoms with E-state index in [-0.39, 0.29) is 17.9 Å². The number of nitrogens with zero attached hydrogens (tertiary/aromatic N) is 2. The van der Waals surface area contributed by atoms with Crippen molar-refractivity contribution >= 4 is 5.91 Å². The minimum absolute atomic E-state index is 0.0445. The van der Waals surface area contributed by atoms with Crippen molar-refractivity contribution in [3.05, 3.63) is 71.8 Å². The van der Waals surface area contributed by atoms with Gasteiger partial charge in [0.25, 0.3) is 0 Å². The molecule has 1 aromatic rings.